The third-order valence-corrected chi connectivity index (χ3v) is 4.12. The van der Waals surface area contributed by atoms with E-state index >= 15 is 0 Å². The van der Waals surface area contributed by atoms with Gasteiger partial charge in [0, 0.05) is 18.9 Å². The van der Waals surface area contributed by atoms with Crippen LogP contribution in [0.5, 0.6) is 0 Å². The Morgan fingerprint density at radius 3 is 2.90 bits per heavy atom. The van der Waals surface area contributed by atoms with Gasteiger partial charge in [0.1, 0.15) is 10.7 Å². The number of sulfonamides is 1. The van der Waals surface area contributed by atoms with Crippen LogP contribution in [0.25, 0.3) is 0 Å². The molecular formula is C13H19N5O2S. The first kappa shape index (κ1) is 15.5. The Balaban J connectivity index is 1.99. The van der Waals surface area contributed by atoms with Gasteiger partial charge >= 0.3 is 0 Å². The molecule has 2 N–H and O–H groups in total. The third kappa shape index (κ3) is 4.54. The van der Waals surface area contributed by atoms with Crippen LogP contribution in [0.4, 0.5) is 5.82 Å². The zero-order valence-corrected chi connectivity index (χ0v) is 12.7. The maximum absolute atomic E-state index is 12.2. The first-order valence-corrected chi connectivity index (χ1v) is 8.27. The molecule has 0 aliphatic heterocycles. The topological polar surface area (TPSA) is 88.9 Å². The molecule has 0 atom stereocenters. The van der Waals surface area contributed by atoms with Gasteiger partial charge in [0.25, 0.3) is 10.0 Å². The highest BCUT2D eigenvalue weighted by Gasteiger charge is 2.16. The first-order chi connectivity index (χ1) is 10.1. The van der Waals surface area contributed by atoms with Crippen molar-refractivity contribution >= 4 is 15.8 Å². The van der Waals surface area contributed by atoms with Crippen LogP contribution in [-0.2, 0) is 16.6 Å². The Bertz CT molecular complexity index is 654. The van der Waals surface area contributed by atoms with Crippen LogP contribution < -0.4 is 10.0 Å². The molecule has 0 aliphatic carbocycles. The lowest BCUT2D eigenvalue weighted by molar-refractivity contribution is 0.549. The van der Waals surface area contributed by atoms with Crippen LogP contribution >= 0.6 is 0 Å². The average molecular weight is 309 g/mol. The Kier molecular flexibility index (Phi) is 5.29. The molecule has 0 saturated heterocycles. The Morgan fingerprint density at radius 2 is 2.19 bits per heavy atom. The summed E-state index contributed by atoms with van der Waals surface area (Å²) in [7, 11) is -3.64. The number of aryl methyl sites for hydroxylation is 1. The summed E-state index contributed by atoms with van der Waals surface area (Å²) >= 11 is 0. The van der Waals surface area contributed by atoms with Crippen molar-refractivity contribution in [2.75, 3.05) is 17.8 Å². The minimum Gasteiger partial charge on any atom is -0.317 e. The fourth-order valence-corrected chi connectivity index (χ4v) is 2.73. The molecule has 0 spiro atoms. The molecule has 2 heterocycles. The highest BCUT2D eigenvalue weighted by Crippen LogP contribution is 2.13. The van der Waals surface area contributed by atoms with Crippen LogP contribution in [0.3, 0.4) is 0 Å². The standard InChI is InChI=1S/C13H19N5O2S/c1-2-14-7-5-9-18-11-12(10-16-18)21(19,20)17-13-6-3-4-8-15-13/h3-4,6,8,10-11,14H,2,5,7,9H2,1H3,(H,15,17). The van der Waals surface area contributed by atoms with E-state index in [4.69, 9.17) is 0 Å². The number of aromatic nitrogens is 3. The highest BCUT2D eigenvalue weighted by atomic mass is 32.2. The summed E-state index contributed by atoms with van der Waals surface area (Å²) in [5, 5.41) is 7.28. The van der Waals surface area contributed by atoms with Gasteiger partial charge < -0.3 is 5.32 Å². The molecule has 0 amide bonds. The molecule has 0 aliphatic rings. The zero-order valence-electron chi connectivity index (χ0n) is 11.9. The second-order valence-electron chi connectivity index (χ2n) is 4.47. The molecule has 2 aromatic rings. The maximum atomic E-state index is 12.2. The van der Waals surface area contributed by atoms with Gasteiger partial charge in [-0.25, -0.2) is 13.4 Å². The Labute approximate surface area is 124 Å². The molecule has 21 heavy (non-hydrogen) atoms. The van der Waals surface area contributed by atoms with Crippen molar-refractivity contribution in [3.63, 3.8) is 0 Å². The molecule has 0 saturated carbocycles. The van der Waals surface area contributed by atoms with E-state index in [0.717, 1.165) is 19.5 Å². The molecule has 2 rings (SSSR count). The first-order valence-electron chi connectivity index (χ1n) is 6.79. The predicted molar refractivity (Wildman–Crippen MR) is 80.4 cm³/mol. The van der Waals surface area contributed by atoms with E-state index in [1.807, 2.05) is 6.92 Å². The summed E-state index contributed by atoms with van der Waals surface area (Å²) in [6.07, 6.45) is 5.29. The summed E-state index contributed by atoms with van der Waals surface area (Å²) in [5.41, 5.74) is 0. The van der Waals surface area contributed by atoms with Gasteiger partial charge in [-0.1, -0.05) is 13.0 Å². The minimum atomic E-state index is -3.64. The summed E-state index contributed by atoms with van der Waals surface area (Å²) in [6.45, 7) is 4.52. The number of rotatable bonds is 8. The molecule has 0 fully saturated rings. The van der Waals surface area contributed by atoms with Gasteiger partial charge in [0.2, 0.25) is 0 Å². The number of hydrogen-bond acceptors (Lipinski definition) is 5. The Morgan fingerprint density at radius 1 is 1.33 bits per heavy atom. The van der Waals surface area contributed by atoms with Crippen molar-refractivity contribution in [2.24, 2.45) is 0 Å². The van der Waals surface area contributed by atoms with Crippen molar-refractivity contribution < 1.29 is 8.42 Å². The molecular weight excluding hydrogens is 290 g/mol. The van der Waals surface area contributed by atoms with E-state index in [2.05, 4.69) is 20.1 Å². The second kappa shape index (κ2) is 7.19. The number of anilines is 1. The second-order valence-corrected chi connectivity index (χ2v) is 6.15. The van der Waals surface area contributed by atoms with Gasteiger partial charge in [-0.05, 0) is 31.6 Å². The van der Waals surface area contributed by atoms with Crippen molar-refractivity contribution in [2.45, 2.75) is 24.8 Å². The molecule has 114 valence electrons. The monoisotopic (exact) mass is 309 g/mol. The van der Waals surface area contributed by atoms with E-state index in [1.165, 1.54) is 18.6 Å². The van der Waals surface area contributed by atoms with Crippen molar-refractivity contribution in [3.05, 3.63) is 36.8 Å². The highest BCUT2D eigenvalue weighted by molar-refractivity contribution is 7.92. The molecule has 0 unspecified atom stereocenters. The number of nitrogens with one attached hydrogen (secondary N) is 2. The summed E-state index contributed by atoms with van der Waals surface area (Å²) in [5.74, 6) is 0.289. The fourth-order valence-electron chi connectivity index (χ4n) is 1.77. The molecule has 8 heteroatoms. The lowest BCUT2D eigenvalue weighted by Crippen LogP contribution is -2.16. The van der Waals surface area contributed by atoms with Gasteiger partial charge in [0.05, 0.1) is 6.20 Å². The maximum Gasteiger partial charge on any atom is 0.266 e. The molecule has 0 aromatic carbocycles. The lowest BCUT2D eigenvalue weighted by atomic mass is 10.4. The van der Waals surface area contributed by atoms with E-state index in [9.17, 15) is 8.42 Å². The van der Waals surface area contributed by atoms with Gasteiger partial charge in [-0.3, -0.25) is 9.40 Å². The molecule has 0 radical (unpaired) electrons. The molecule has 2 aromatic heterocycles. The van der Waals surface area contributed by atoms with Gasteiger partial charge in [-0.15, -0.1) is 0 Å². The fraction of sp³-hybridized carbons (Fsp3) is 0.385. The predicted octanol–water partition coefficient (Wildman–Crippen LogP) is 1.08. The number of hydrogen-bond donors (Lipinski definition) is 2. The van der Waals surface area contributed by atoms with Gasteiger partial charge in [0.15, 0.2) is 0 Å². The molecule has 0 bridgehead atoms. The van der Waals surface area contributed by atoms with E-state index < -0.39 is 10.0 Å². The van der Waals surface area contributed by atoms with E-state index in [1.54, 1.807) is 22.9 Å². The summed E-state index contributed by atoms with van der Waals surface area (Å²) in [4.78, 5) is 4.08. The van der Waals surface area contributed by atoms with E-state index in [-0.39, 0.29) is 10.7 Å². The largest absolute Gasteiger partial charge is 0.317 e. The van der Waals surface area contributed by atoms with Crippen molar-refractivity contribution in [1.29, 1.82) is 0 Å². The van der Waals surface area contributed by atoms with Crippen LogP contribution in [0.2, 0.25) is 0 Å². The van der Waals surface area contributed by atoms with Gasteiger partial charge in [-0.2, -0.15) is 5.10 Å². The Hall–Kier alpha value is -1.93. The SMILES string of the molecule is CCNCCCn1cc(S(=O)(=O)Nc2ccccn2)cn1. The molecule has 7 nitrogen and oxygen atoms in total. The quantitative estimate of drug-likeness (QED) is 0.712. The van der Waals surface area contributed by atoms with Crippen LogP contribution in [0.15, 0.2) is 41.7 Å². The average Bonchev–Trinajstić information content (AvgIpc) is 2.94. The third-order valence-electron chi connectivity index (χ3n) is 2.81. The summed E-state index contributed by atoms with van der Waals surface area (Å²) < 4.78 is 28.4. The van der Waals surface area contributed by atoms with Crippen LogP contribution in [0.1, 0.15) is 13.3 Å². The van der Waals surface area contributed by atoms with E-state index in [0.29, 0.717) is 6.54 Å². The summed E-state index contributed by atoms with van der Waals surface area (Å²) in [6, 6.07) is 5.04. The lowest BCUT2D eigenvalue weighted by Gasteiger charge is -2.04. The number of nitrogens with zero attached hydrogens (tertiary/aromatic N) is 3. The normalized spacial score (nSPS) is 11.5. The van der Waals surface area contributed by atoms with Crippen molar-refractivity contribution in [3.8, 4) is 0 Å². The minimum absolute atomic E-state index is 0.136. The number of pyridine rings is 1. The van der Waals surface area contributed by atoms with Crippen LogP contribution in [-0.4, -0.2) is 36.3 Å². The van der Waals surface area contributed by atoms with Crippen molar-refractivity contribution in [1.82, 2.24) is 20.1 Å². The van der Waals surface area contributed by atoms with Crippen LogP contribution in [0, 0.1) is 0 Å². The smallest absolute Gasteiger partial charge is 0.266 e. The zero-order chi connectivity index (χ0) is 15.1.